The number of aliphatic hydroxyl groups is 1. The normalized spacial score (nSPS) is 26.2. The first kappa shape index (κ1) is 36.6. The van der Waals surface area contributed by atoms with Gasteiger partial charge in [-0.25, -0.2) is 22.5 Å². The van der Waals surface area contributed by atoms with Gasteiger partial charge in [0, 0.05) is 54.4 Å². The van der Waals surface area contributed by atoms with Crippen molar-refractivity contribution in [2.45, 2.75) is 101 Å². The van der Waals surface area contributed by atoms with Gasteiger partial charge in [-0.2, -0.15) is 9.97 Å². The molecule has 8 rings (SSSR count). The van der Waals surface area contributed by atoms with Crippen molar-refractivity contribution in [3.05, 3.63) is 41.5 Å². The lowest BCUT2D eigenvalue weighted by molar-refractivity contribution is -0.0801. The van der Waals surface area contributed by atoms with Crippen molar-refractivity contribution >= 4 is 27.5 Å². The maximum Gasteiger partial charge on any atom is 0.319 e. The average molecular weight is 748 g/mol. The summed E-state index contributed by atoms with van der Waals surface area (Å²) in [5.41, 5.74) is -1.78. The maximum atomic E-state index is 17.2. The van der Waals surface area contributed by atoms with Crippen LogP contribution in [0.5, 0.6) is 17.6 Å². The second-order valence-electron chi connectivity index (χ2n) is 16.0. The molecule has 3 atom stereocenters. The van der Waals surface area contributed by atoms with E-state index in [0.29, 0.717) is 37.6 Å². The Morgan fingerprint density at radius 3 is 2.46 bits per heavy atom. The van der Waals surface area contributed by atoms with Crippen molar-refractivity contribution in [2.24, 2.45) is 5.41 Å². The van der Waals surface area contributed by atoms with E-state index in [1.165, 1.54) is 31.4 Å². The fraction of sp³-hybridized carbons (Fsp3) is 0.537. The number of fused-ring (bicyclic) bond motifs is 3. The summed E-state index contributed by atoms with van der Waals surface area (Å²) in [7, 11) is 1.39. The van der Waals surface area contributed by atoms with Crippen LogP contribution >= 0.6 is 0 Å². The molecule has 0 amide bonds. The van der Waals surface area contributed by atoms with Gasteiger partial charge in [-0.3, -0.25) is 4.90 Å². The van der Waals surface area contributed by atoms with Crippen LogP contribution in [0.15, 0.2) is 24.3 Å². The van der Waals surface area contributed by atoms with Crippen molar-refractivity contribution in [1.82, 2.24) is 19.9 Å². The van der Waals surface area contributed by atoms with Crippen molar-refractivity contribution in [3.8, 4) is 41.2 Å². The van der Waals surface area contributed by atoms with E-state index in [0.717, 1.165) is 38.6 Å². The predicted molar refractivity (Wildman–Crippen MR) is 197 cm³/mol. The zero-order valence-corrected chi connectivity index (χ0v) is 30.6. The highest BCUT2D eigenvalue weighted by atomic mass is 19.3. The molecule has 4 aromatic rings. The number of ether oxygens (including phenoxy) is 2. The number of aromatic hydroxyl groups is 1. The van der Waals surface area contributed by atoms with E-state index in [9.17, 15) is 19.0 Å². The quantitative estimate of drug-likeness (QED) is 0.145. The smallest absolute Gasteiger partial charge is 0.319 e. The van der Waals surface area contributed by atoms with Gasteiger partial charge in [0.2, 0.25) is 11.8 Å². The molecule has 0 radical (unpaired) electrons. The Morgan fingerprint density at radius 1 is 0.963 bits per heavy atom. The van der Waals surface area contributed by atoms with Gasteiger partial charge in [0.15, 0.2) is 5.82 Å². The summed E-state index contributed by atoms with van der Waals surface area (Å²) in [5, 5.41) is 22.5. The average Bonchev–Trinajstić information content (AvgIpc) is 3.58. The fourth-order valence-corrected chi connectivity index (χ4v) is 9.82. The first-order valence-electron chi connectivity index (χ1n) is 18.9. The zero-order valence-electron chi connectivity index (χ0n) is 30.6. The van der Waals surface area contributed by atoms with Crippen molar-refractivity contribution < 1.29 is 37.2 Å². The van der Waals surface area contributed by atoms with Crippen molar-refractivity contribution in [1.29, 1.82) is 0 Å². The third-order valence-corrected chi connectivity index (χ3v) is 12.3. The van der Waals surface area contributed by atoms with E-state index in [1.807, 2.05) is 4.90 Å². The number of terminal acetylenes is 1. The molecule has 3 unspecified atom stereocenters. The largest absolute Gasteiger partial charge is 0.508 e. The summed E-state index contributed by atoms with van der Waals surface area (Å²) in [5.74, 6) is -1.73. The van der Waals surface area contributed by atoms with Gasteiger partial charge < -0.3 is 24.6 Å². The van der Waals surface area contributed by atoms with Crippen LogP contribution in [-0.4, -0.2) is 87.0 Å². The second-order valence-corrected chi connectivity index (χ2v) is 16.0. The molecule has 4 heterocycles. The number of benzene rings is 2. The molecule has 2 N–H and O–H groups in total. The number of likely N-dealkylation sites (tertiary alicyclic amines) is 1. The second kappa shape index (κ2) is 13.7. The van der Waals surface area contributed by atoms with Gasteiger partial charge in [0.25, 0.3) is 0 Å². The van der Waals surface area contributed by atoms with E-state index < -0.39 is 23.2 Å². The van der Waals surface area contributed by atoms with Crippen molar-refractivity contribution in [2.75, 3.05) is 38.3 Å². The van der Waals surface area contributed by atoms with E-state index in [-0.39, 0.29) is 100 Å². The lowest BCUT2D eigenvalue weighted by Crippen LogP contribution is -2.56. The van der Waals surface area contributed by atoms with Crippen LogP contribution in [0.3, 0.4) is 0 Å². The SMILES string of the molecule is C#Cc1c(F)ccc2cc(O)cc(-c3nc(OC)c4c(N5CCCC(C)(O)C5)nc(OCC56CCCC5N(C5CCC(F)(F)CC5)CCC6)nc4c3F)c12. The first-order valence-corrected chi connectivity index (χ1v) is 18.9. The number of halogens is 4. The minimum Gasteiger partial charge on any atom is -0.508 e. The molecular weight excluding hydrogens is 702 g/mol. The minimum absolute atomic E-state index is 0.0150. The van der Waals surface area contributed by atoms with E-state index in [2.05, 4.69) is 20.8 Å². The van der Waals surface area contributed by atoms with E-state index in [4.69, 9.17) is 20.9 Å². The van der Waals surface area contributed by atoms with Crippen LogP contribution in [0.4, 0.5) is 23.4 Å². The van der Waals surface area contributed by atoms with E-state index >= 15 is 8.78 Å². The van der Waals surface area contributed by atoms with Crippen LogP contribution in [0.2, 0.25) is 0 Å². The molecule has 0 spiro atoms. The van der Waals surface area contributed by atoms with Crippen LogP contribution < -0.4 is 14.4 Å². The Kier molecular flexibility index (Phi) is 9.28. The molecule has 13 heteroatoms. The lowest BCUT2D eigenvalue weighted by atomic mass is 9.74. The fourth-order valence-electron chi connectivity index (χ4n) is 9.82. The highest BCUT2D eigenvalue weighted by Crippen LogP contribution is 2.51. The van der Waals surface area contributed by atoms with Gasteiger partial charge in [0.05, 0.1) is 24.9 Å². The number of alkyl halides is 2. The Morgan fingerprint density at radius 2 is 1.72 bits per heavy atom. The summed E-state index contributed by atoms with van der Waals surface area (Å²) in [4.78, 5) is 18.4. The maximum absolute atomic E-state index is 17.2. The third kappa shape index (κ3) is 6.45. The number of phenolic OH excluding ortho intramolecular Hbond substituents is 1. The molecule has 0 bridgehead atoms. The molecular formula is C41H45F4N5O4. The van der Waals surface area contributed by atoms with Crippen molar-refractivity contribution in [3.63, 3.8) is 0 Å². The number of hydrogen-bond donors (Lipinski definition) is 2. The number of hydrogen-bond acceptors (Lipinski definition) is 9. The lowest BCUT2D eigenvalue weighted by Gasteiger charge is -2.50. The van der Waals surface area contributed by atoms with Crippen LogP contribution in [0.1, 0.15) is 83.1 Å². The summed E-state index contributed by atoms with van der Waals surface area (Å²) in [6.07, 6.45) is 12.4. The number of aromatic nitrogens is 3. The third-order valence-electron chi connectivity index (χ3n) is 12.3. The van der Waals surface area contributed by atoms with Crippen LogP contribution in [0.25, 0.3) is 32.9 Å². The Bertz CT molecular complexity index is 2150. The van der Waals surface area contributed by atoms with Gasteiger partial charge in [0.1, 0.15) is 34.0 Å². The number of piperidine rings is 2. The minimum atomic E-state index is -2.60. The summed E-state index contributed by atoms with van der Waals surface area (Å²) in [6.45, 7) is 3.58. The van der Waals surface area contributed by atoms with Crippen LogP contribution in [0, 0.1) is 29.4 Å². The topological polar surface area (TPSA) is 104 Å². The Hall–Kier alpha value is -4.41. The summed E-state index contributed by atoms with van der Waals surface area (Å²) < 4.78 is 72.8. The molecule has 2 saturated carbocycles. The number of nitrogens with zero attached hydrogens (tertiary/aromatic N) is 5. The molecule has 4 aliphatic rings. The number of anilines is 1. The molecule has 2 saturated heterocycles. The molecule has 9 nitrogen and oxygen atoms in total. The molecule has 2 aromatic carbocycles. The summed E-state index contributed by atoms with van der Waals surface area (Å²) in [6, 6.07) is 5.54. The van der Waals surface area contributed by atoms with E-state index in [1.54, 1.807) is 6.92 Å². The zero-order chi connectivity index (χ0) is 38.0. The van der Waals surface area contributed by atoms with Gasteiger partial charge in [-0.05, 0) is 88.4 Å². The van der Waals surface area contributed by atoms with Gasteiger partial charge >= 0.3 is 6.01 Å². The molecule has 286 valence electrons. The molecule has 2 aliphatic heterocycles. The standard InChI is InChI=1S/C41H45F4N5O4/c1-4-27-29(42)10-9-24-20-26(51)21-28(31(24)27)34-33(43)35-32(37(46-34)53-3)36(49-18-6-13-39(2,52)22-49)48-38(47-35)54-23-40-14-5-8-30(40)50(19-7-15-40)25-11-16-41(44,45)17-12-25/h1,9-10,20-21,25,30,51-52H,5-8,11-19,22-23H2,2-3H3. The first-order chi connectivity index (χ1) is 25.8. The number of phenols is 1. The Labute approximate surface area is 311 Å². The number of methoxy groups -OCH3 is 1. The highest BCUT2D eigenvalue weighted by Gasteiger charge is 2.51. The number of β-amino-alcohol motifs (C(OH)–C–C–N with tert-alkyl or cyclic N) is 1. The monoisotopic (exact) mass is 747 g/mol. The number of pyridine rings is 1. The molecule has 2 aliphatic carbocycles. The highest BCUT2D eigenvalue weighted by molar-refractivity contribution is 6.04. The molecule has 4 fully saturated rings. The number of rotatable bonds is 7. The molecule has 2 aromatic heterocycles. The molecule has 54 heavy (non-hydrogen) atoms. The summed E-state index contributed by atoms with van der Waals surface area (Å²) >= 11 is 0. The van der Waals surface area contributed by atoms with Gasteiger partial charge in [-0.1, -0.05) is 18.4 Å². The van der Waals surface area contributed by atoms with Gasteiger partial charge in [-0.15, -0.1) is 6.42 Å². The Balaban J connectivity index is 1.24. The predicted octanol–water partition coefficient (Wildman–Crippen LogP) is 7.76. The van der Waals surface area contributed by atoms with Crippen LogP contribution in [-0.2, 0) is 0 Å².